The number of benzene rings is 2. The second-order valence-electron chi connectivity index (χ2n) is 5.87. The van der Waals surface area contributed by atoms with Gasteiger partial charge in [0, 0.05) is 33.3 Å². The quantitative estimate of drug-likeness (QED) is 0.497. The van der Waals surface area contributed by atoms with Crippen LogP contribution in [-0.2, 0) is 12.8 Å². The number of hydrogen-bond donors (Lipinski definition) is 1. The first-order valence-corrected chi connectivity index (χ1v) is 10.5. The third-order valence-corrected chi connectivity index (χ3v) is 5.95. The molecule has 0 radical (unpaired) electrons. The predicted octanol–water partition coefficient (Wildman–Crippen LogP) is 5.19. The van der Waals surface area contributed by atoms with Gasteiger partial charge in [-0.1, -0.05) is 60.7 Å². The molecule has 0 aliphatic carbocycles. The number of aromatic nitrogens is 2. The largest absolute Gasteiger partial charge is 0.330 e. The third-order valence-electron chi connectivity index (χ3n) is 3.79. The molecule has 2 aromatic heterocycles. The topological polar surface area (TPSA) is 75.6 Å². The Hall–Kier alpha value is -2.85. The third kappa shape index (κ3) is 5.57. The molecule has 0 aliphatic rings. The van der Waals surface area contributed by atoms with Crippen LogP contribution in [0.3, 0.4) is 0 Å². The van der Waals surface area contributed by atoms with E-state index in [2.05, 4.69) is 28.2 Å². The van der Waals surface area contributed by atoms with Crippen molar-refractivity contribution in [3.05, 3.63) is 82.8 Å². The maximum absolute atomic E-state index is 8.53. The van der Waals surface area contributed by atoms with Gasteiger partial charge in [0.1, 0.15) is 10.0 Å². The van der Waals surface area contributed by atoms with Crippen molar-refractivity contribution < 1.29 is 0 Å². The number of rotatable bonds is 5. The molecule has 0 spiro atoms. The Morgan fingerprint density at radius 1 is 0.786 bits per heavy atom. The van der Waals surface area contributed by atoms with E-state index in [0.717, 1.165) is 26.9 Å². The minimum atomic E-state index is 0.449. The van der Waals surface area contributed by atoms with Crippen molar-refractivity contribution in [3.63, 3.8) is 0 Å². The fourth-order valence-corrected chi connectivity index (χ4v) is 4.24. The van der Waals surface area contributed by atoms with E-state index < -0.39 is 0 Å². The van der Waals surface area contributed by atoms with Gasteiger partial charge in [-0.05, 0) is 13.0 Å². The van der Waals surface area contributed by atoms with E-state index in [4.69, 9.17) is 11.0 Å². The second kappa shape index (κ2) is 10.5. The maximum atomic E-state index is 8.53. The van der Waals surface area contributed by atoms with Gasteiger partial charge in [-0.3, -0.25) is 0 Å². The van der Waals surface area contributed by atoms with Crippen LogP contribution in [0.25, 0.3) is 21.1 Å². The summed E-state index contributed by atoms with van der Waals surface area (Å²) in [6.45, 7) is 0.691. The van der Waals surface area contributed by atoms with Crippen molar-refractivity contribution in [2.45, 2.75) is 12.8 Å². The SMILES string of the molecule is N#CCc1cnc(-c2ccccc2)s1.NCCc1cnc(-c2ccccc2)s1. The Bertz CT molecular complexity index is 1020. The highest BCUT2D eigenvalue weighted by Crippen LogP contribution is 2.25. The molecular weight excluding hydrogens is 384 g/mol. The summed E-state index contributed by atoms with van der Waals surface area (Å²) in [5.41, 5.74) is 7.78. The fourth-order valence-electron chi connectivity index (χ4n) is 2.46. The summed E-state index contributed by atoms with van der Waals surface area (Å²) < 4.78 is 0. The van der Waals surface area contributed by atoms with E-state index in [1.807, 2.05) is 54.7 Å². The highest BCUT2D eigenvalue weighted by molar-refractivity contribution is 7.15. The van der Waals surface area contributed by atoms with Crippen LogP contribution in [0.2, 0.25) is 0 Å². The first kappa shape index (κ1) is 19.9. The standard InChI is InChI=1S/C11H12N2S.C11H8N2S/c2*12-7-6-10-8-13-11(14-10)9-4-2-1-3-5-9/h1-5,8H,6-7,12H2;1-5,8H,6H2. The molecule has 6 heteroatoms. The molecule has 0 unspecified atom stereocenters. The molecule has 0 amide bonds. The molecule has 0 fully saturated rings. The molecule has 2 aromatic carbocycles. The predicted molar refractivity (Wildman–Crippen MR) is 117 cm³/mol. The van der Waals surface area contributed by atoms with Gasteiger partial charge in [-0.2, -0.15) is 5.26 Å². The molecule has 140 valence electrons. The monoisotopic (exact) mass is 404 g/mol. The van der Waals surface area contributed by atoms with Gasteiger partial charge >= 0.3 is 0 Å². The molecule has 0 aliphatic heterocycles. The highest BCUT2D eigenvalue weighted by atomic mass is 32.1. The average Bonchev–Trinajstić information content (AvgIpc) is 3.41. The lowest BCUT2D eigenvalue weighted by molar-refractivity contribution is 0.984. The van der Waals surface area contributed by atoms with E-state index in [1.165, 1.54) is 10.4 Å². The van der Waals surface area contributed by atoms with Crippen LogP contribution < -0.4 is 5.73 Å². The summed E-state index contributed by atoms with van der Waals surface area (Å²) >= 11 is 3.30. The lowest BCUT2D eigenvalue weighted by atomic mass is 10.2. The van der Waals surface area contributed by atoms with Crippen molar-refractivity contribution in [3.8, 4) is 27.2 Å². The Balaban J connectivity index is 0.000000161. The minimum Gasteiger partial charge on any atom is -0.330 e. The van der Waals surface area contributed by atoms with Gasteiger partial charge in [0.05, 0.1) is 12.5 Å². The van der Waals surface area contributed by atoms with Crippen molar-refractivity contribution in [2.24, 2.45) is 5.73 Å². The van der Waals surface area contributed by atoms with E-state index in [-0.39, 0.29) is 0 Å². The Kier molecular flexibility index (Phi) is 7.44. The lowest BCUT2D eigenvalue weighted by Crippen LogP contribution is -2.00. The Morgan fingerprint density at radius 2 is 1.29 bits per heavy atom. The number of thiazole rings is 2. The maximum Gasteiger partial charge on any atom is 0.123 e. The van der Waals surface area contributed by atoms with Crippen molar-refractivity contribution >= 4 is 22.7 Å². The molecule has 0 saturated carbocycles. The van der Waals surface area contributed by atoms with Gasteiger partial charge in [0.2, 0.25) is 0 Å². The van der Waals surface area contributed by atoms with E-state index in [0.29, 0.717) is 13.0 Å². The zero-order valence-corrected chi connectivity index (χ0v) is 16.9. The minimum absolute atomic E-state index is 0.449. The van der Waals surface area contributed by atoms with Gasteiger partial charge < -0.3 is 5.73 Å². The van der Waals surface area contributed by atoms with Crippen LogP contribution >= 0.6 is 22.7 Å². The zero-order chi connectivity index (χ0) is 19.6. The van der Waals surface area contributed by atoms with Crippen LogP contribution in [0.4, 0.5) is 0 Å². The summed E-state index contributed by atoms with van der Waals surface area (Å²) in [5, 5.41) is 10.6. The van der Waals surface area contributed by atoms with E-state index in [1.54, 1.807) is 28.9 Å². The molecule has 0 saturated heterocycles. The smallest absolute Gasteiger partial charge is 0.123 e. The van der Waals surface area contributed by atoms with Crippen molar-refractivity contribution in [1.82, 2.24) is 9.97 Å². The molecule has 28 heavy (non-hydrogen) atoms. The second-order valence-corrected chi connectivity index (χ2v) is 8.10. The first-order chi connectivity index (χ1) is 13.8. The summed E-state index contributed by atoms with van der Waals surface area (Å²) in [5.74, 6) is 0. The lowest BCUT2D eigenvalue weighted by Gasteiger charge is -1.93. The zero-order valence-electron chi connectivity index (χ0n) is 15.3. The fraction of sp³-hybridized carbons (Fsp3) is 0.136. The van der Waals surface area contributed by atoms with Gasteiger partial charge in [0.15, 0.2) is 0 Å². The summed E-state index contributed by atoms with van der Waals surface area (Å²) in [7, 11) is 0. The number of nitriles is 1. The summed E-state index contributed by atoms with van der Waals surface area (Å²) in [6, 6.07) is 22.3. The number of nitrogens with two attached hydrogens (primary N) is 1. The molecule has 4 rings (SSSR count). The first-order valence-electron chi connectivity index (χ1n) is 8.87. The normalized spacial score (nSPS) is 10.0. The van der Waals surface area contributed by atoms with E-state index >= 15 is 0 Å². The molecular formula is C22H20N4S2. The van der Waals surface area contributed by atoms with Crippen LogP contribution in [0.5, 0.6) is 0 Å². The molecule has 2 N–H and O–H groups in total. The van der Waals surface area contributed by atoms with Crippen LogP contribution in [0.15, 0.2) is 73.1 Å². The van der Waals surface area contributed by atoms with Gasteiger partial charge in [-0.25, -0.2) is 9.97 Å². The van der Waals surface area contributed by atoms with Gasteiger partial charge in [0.25, 0.3) is 0 Å². The average molecular weight is 405 g/mol. The summed E-state index contributed by atoms with van der Waals surface area (Å²) in [4.78, 5) is 10.9. The molecule has 0 bridgehead atoms. The number of nitrogens with zero attached hydrogens (tertiary/aromatic N) is 3. The molecule has 2 heterocycles. The van der Waals surface area contributed by atoms with Crippen LogP contribution in [-0.4, -0.2) is 16.5 Å². The molecule has 0 atom stereocenters. The van der Waals surface area contributed by atoms with Crippen LogP contribution in [0.1, 0.15) is 9.75 Å². The van der Waals surface area contributed by atoms with Crippen LogP contribution in [0, 0.1) is 11.3 Å². The molecule has 4 aromatic rings. The molecule has 4 nitrogen and oxygen atoms in total. The number of hydrogen-bond acceptors (Lipinski definition) is 6. The van der Waals surface area contributed by atoms with E-state index in [9.17, 15) is 0 Å². The highest BCUT2D eigenvalue weighted by Gasteiger charge is 2.03. The Morgan fingerprint density at radius 3 is 1.79 bits per heavy atom. The summed E-state index contributed by atoms with van der Waals surface area (Å²) in [6.07, 6.45) is 5.06. The van der Waals surface area contributed by atoms with Crippen molar-refractivity contribution in [2.75, 3.05) is 6.54 Å². The van der Waals surface area contributed by atoms with Gasteiger partial charge in [-0.15, -0.1) is 22.7 Å². The van der Waals surface area contributed by atoms with Crippen molar-refractivity contribution in [1.29, 1.82) is 5.26 Å². The Labute approximate surface area is 173 Å².